The molecular formula is C14H25N2O. The molecule has 0 aliphatic carbocycles. The van der Waals surface area contributed by atoms with E-state index in [1.807, 2.05) is 0 Å². The van der Waals surface area contributed by atoms with E-state index in [-0.39, 0.29) is 0 Å². The molecule has 2 heterocycles. The summed E-state index contributed by atoms with van der Waals surface area (Å²) in [6, 6.07) is 0. The fraction of sp³-hybridized carbons (Fsp3) is 0.786. The van der Waals surface area contributed by atoms with E-state index >= 15 is 0 Å². The van der Waals surface area contributed by atoms with E-state index < -0.39 is 0 Å². The van der Waals surface area contributed by atoms with E-state index in [1.54, 1.807) is 5.57 Å². The van der Waals surface area contributed by atoms with Gasteiger partial charge in [-0.15, -0.1) is 0 Å². The SMILES string of the molecule is C[C](C)CN1CCC(=CN2CCOCC2)CC1. The second-order valence-corrected chi connectivity index (χ2v) is 5.42. The van der Waals surface area contributed by atoms with Crippen molar-refractivity contribution in [2.45, 2.75) is 26.7 Å². The highest BCUT2D eigenvalue weighted by atomic mass is 16.5. The van der Waals surface area contributed by atoms with Crippen molar-refractivity contribution in [3.8, 4) is 0 Å². The third kappa shape index (κ3) is 4.32. The maximum atomic E-state index is 5.37. The minimum absolute atomic E-state index is 0.889. The van der Waals surface area contributed by atoms with Crippen LogP contribution in [0.2, 0.25) is 0 Å². The summed E-state index contributed by atoms with van der Waals surface area (Å²) in [7, 11) is 0. The highest BCUT2D eigenvalue weighted by Gasteiger charge is 2.16. The second-order valence-electron chi connectivity index (χ2n) is 5.42. The standard InChI is InChI=1S/C14H25N2O/c1-13(2)11-15-5-3-14(4-6-15)12-16-7-9-17-10-8-16/h12H,3-11H2,1-2H3. The van der Waals surface area contributed by atoms with Crippen molar-refractivity contribution in [2.24, 2.45) is 0 Å². The van der Waals surface area contributed by atoms with E-state index in [4.69, 9.17) is 4.74 Å². The van der Waals surface area contributed by atoms with Gasteiger partial charge in [0.05, 0.1) is 13.2 Å². The summed E-state index contributed by atoms with van der Waals surface area (Å²) in [5.41, 5.74) is 1.62. The number of likely N-dealkylation sites (tertiary alicyclic amines) is 1. The number of rotatable bonds is 3. The molecule has 0 bridgehead atoms. The molecule has 2 aliphatic rings. The molecule has 0 saturated carbocycles. The normalized spacial score (nSPS) is 23.2. The lowest BCUT2D eigenvalue weighted by molar-refractivity contribution is 0.0586. The number of morpholine rings is 1. The molecule has 97 valence electrons. The fourth-order valence-corrected chi connectivity index (χ4v) is 2.54. The van der Waals surface area contributed by atoms with Crippen molar-refractivity contribution in [1.82, 2.24) is 9.80 Å². The van der Waals surface area contributed by atoms with Gasteiger partial charge in [-0.05, 0) is 25.0 Å². The Labute approximate surface area is 105 Å². The molecule has 2 fully saturated rings. The van der Waals surface area contributed by atoms with Gasteiger partial charge in [0.15, 0.2) is 0 Å². The molecule has 0 atom stereocenters. The summed E-state index contributed by atoms with van der Waals surface area (Å²) in [6.07, 6.45) is 4.87. The summed E-state index contributed by atoms with van der Waals surface area (Å²) in [5.74, 6) is 1.52. The quantitative estimate of drug-likeness (QED) is 0.746. The average molecular weight is 237 g/mol. The van der Waals surface area contributed by atoms with Gasteiger partial charge >= 0.3 is 0 Å². The Morgan fingerprint density at radius 3 is 2.35 bits per heavy atom. The zero-order chi connectivity index (χ0) is 12.1. The summed E-state index contributed by atoms with van der Waals surface area (Å²) in [4.78, 5) is 4.98. The van der Waals surface area contributed by atoms with Crippen molar-refractivity contribution in [2.75, 3.05) is 45.9 Å². The van der Waals surface area contributed by atoms with Crippen LogP contribution in [0.3, 0.4) is 0 Å². The minimum Gasteiger partial charge on any atom is -0.378 e. The summed E-state index contributed by atoms with van der Waals surface area (Å²) >= 11 is 0. The molecule has 0 amide bonds. The van der Waals surface area contributed by atoms with Crippen LogP contribution in [0.15, 0.2) is 11.8 Å². The first-order valence-electron chi connectivity index (χ1n) is 6.77. The van der Waals surface area contributed by atoms with Gasteiger partial charge in [-0.25, -0.2) is 0 Å². The fourth-order valence-electron chi connectivity index (χ4n) is 2.54. The second kappa shape index (κ2) is 6.41. The molecule has 0 unspecified atom stereocenters. The first kappa shape index (κ1) is 12.9. The Balaban J connectivity index is 1.75. The molecule has 1 radical (unpaired) electrons. The summed E-state index contributed by atoms with van der Waals surface area (Å²) < 4.78 is 5.37. The largest absolute Gasteiger partial charge is 0.378 e. The first-order chi connectivity index (χ1) is 8.24. The van der Waals surface area contributed by atoms with Crippen LogP contribution in [0.5, 0.6) is 0 Å². The van der Waals surface area contributed by atoms with Crippen LogP contribution in [0.1, 0.15) is 26.7 Å². The maximum absolute atomic E-state index is 5.37. The van der Waals surface area contributed by atoms with Crippen LogP contribution in [0.25, 0.3) is 0 Å². The Hall–Kier alpha value is -0.540. The predicted octanol–water partition coefficient (Wildman–Crippen LogP) is 1.91. The Bertz CT molecular complexity index is 247. The molecule has 0 aromatic heterocycles. The summed E-state index contributed by atoms with van der Waals surface area (Å²) in [5, 5.41) is 0. The van der Waals surface area contributed by atoms with Gasteiger partial charge < -0.3 is 14.5 Å². The Kier molecular flexibility index (Phi) is 4.86. The van der Waals surface area contributed by atoms with Gasteiger partial charge in [0.25, 0.3) is 0 Å². The van der Waals surface area contributed by atoms with Crippen LogP contribution in [0, 0.1) is 5.92 Å². The monoisotopic (exact) mass is 237 g/mol. The Morgan fingerprint density at radius 1 is 1.12 bits per heavy atom. The maximum Gasteiger partial charge on any atom is 0.0642 e. The number of piperidine rings is 1. The third-order valence-electron chi connectivity index (χ3n) is 3.45. The van der Waals surface area contributed by atoms with E-state index in [1.165, 1.54) is 38.4 Å². The molecule has 2 aliphatic heterocycles. The van der Waals surface area contributed by atoms with Crippen LogP contribution in [-0.4, -0.2) is 55.7 Å². The first-order valence-corrected chi connectivity index (χ1v) is 6.77. The highest BCUT2D eigenvalue weighted by Crippen LogP contribution is 2.18. The predicted molar refractivity (Wildman–Crippen MR) is 70.7 cm³/mol. The van der Waals surface area contributed by atoms with Gasteiger partial charge in [0, 0.05) is 32.7 Å². The van der Waals surface area contributed by atoms with Crippen LogP contribution >= 0.6 is 0 Å². The van der Waals surface area contributed by atoms with E-state index in [0.717, 1.165) is 26.3 Å². The minimum atomic E-state index is 0.889. The topological polar surface area (TPSA) is 15.7 Å². The molecule has 0 spiro atoms. The lowest BCUT2D eigenvalue weighted by atomic mass is 10.0. The molecule has 0 aromatic carbocycles. The average Bonchev–Trinajstić information content (AvgIpc) is 2.32. The van der Waals surface area contributed by atoms with Crippen LogP contribution < -0.4 is 0 Å². The van der Waals surface area contributed by atoms with Crippen molar-refractivity contribution in [3.63, 3.8) is 0 Å². The molecule has 2 rings (SSSR count). The number of hydrogen-bond donors (Lipinski definition) is 0. The van der Waals surface area contributed by atoms with Crippen LogP contribution in [0.4, 0.5) is 0 Å². The van der Waals surface area contributed by atoms with Crippen molar-refractivity contribution < 1.29 is 4.74 Å². The van der Waals surface area contributed by atoms with E-state index in [9.17, 15) is 0 Å². The molecule has 0 N–H and O–H groups in total. The van der Waals surface area contributed by atoms with Gasteiger partial charge in [-0.3, -0.25) is 0 Å². The van der Waals surface area contributed by atoms with Gasteiger partial charge in [0.2, 0.25) is 0 Å². The molecule has 0 aromatic rings. The third-order valence-corrected chi connectivity index (χ3v) is 3.45. The van der Waals surface area contributed by atoms with Crippen molar-refractivity contribution in [1.29, 1.82) is 0 Å². The lowest BCUT2D eigenvalue weighted by Gasteiger charge is -2.32. The van der Waals surface area contributed by atoms with Gasteiger partial charge in [-0.2, -0.15) is 0 Å². The Morgan fingerprint density at radius 2 is 1.76 bits per heavy atom. The number of nitrogens with zero attached hydrogens (tertiary/aromatic N) is 2. The molecule has 3 heteroatoms. The molecular weight excluding hydrogens is 212 g/mol. The lowest BCUT2D eigenvalue weighted by Crippen LogP contribution is -2.35. The summed E-state index contributed by atoms with van der Waals surface area (Å²) in [6.45, 7) is 12.0. The molecule has 17 heavy (non-hydrogen) atoms. The highest BCUT2D eigenvalue weighted by molar-refractivity contribution is 5.06. The van der Waals surface area contributed by atoms with E-state index in [0.29, 0.717) is 0 Å². The smallest absolute Gasteiger partial charge is 0.0642 e. The zero-order valence-electron chi connectivity index (χ0n) is 11.2. The van der Waals surface area contributed by atoms with Crippen molar-refractivity contribution >= 4 is 0 Å². The zero-order valence-corrected chi connectivity index (χ0v) is 11.2. The number of ether oxygens (including phenoxy) is 1. The van der Waals surface area contributed by atoms with E-state index in [2.05, 4.69) is 29.8 Å². The van der Waals surface area contributed by atoms with Crippen molar-refractivity contribution in [3.05, 3.63) is 17.7 Å². The van der Waals surface area contributed by atoms with Gasteiger partial charge in [-0.1, -0.05) is 19.4 Å². The van der Waals surface area contributed by atoms with Crippen LogP contribution in [-0.2, 0) is 4.74 Å². The molecule has 2 saturated heterocycles. The van der Waals surface area contributed by atoms with Gasteiger partial charge in [0.1, 0.15) is 0 Å². The molecule has 3 nitrogen and oxygen atoms in total. The number of hydrogen-bond acceptors (Lipinski definition) is 3.